The minimum atomic E-state index is 1.00. The molecule has 0 atom stereocenters. The smallest absolute Gasteiger partial charge is 0.0636 e. The maximum absolute atomic E-state index is 5.29. The van der Waals surface area contributed by atoms with Gasteiger partial charge in [0.15, 0.2) is 0 Å². The molecule has 0 aliphatic heterocycles. The molecule has 0 aliphatic rings. The Bertz CT molecular complexity index is 1290. The molecule has 0 heterocycles. The van der Waals surface area contributed by atoms with Crippen LogP contribution in [0.3, 0.4) is 0 Å². The van der Waals surface area contributed by atoms with Gasteiger partial charge >= 0.3 is 0 Å². The third-order valence-corrected chi connectivity index (χ3v) is 12.5. The van der Waals surface area contributed by atoms with Gasteiger partial charge in [0, 0.05) is 6.21 Å². The minimum absolute atomic E-state index is 1.00. The van der Waals surface area contributed by atoms with Crippen molar-refractivity contribution in [3.8, 4) is 0 Å². The van der Waals surface area contributed by atoms with Gasteiger partial charge in [-0.1, -0.05) is 220 Å². The summed E-state index contributed by atoms with van der Waals surface area (Å²) in [7, 11) is 0. The van der Waals surface area contributed by atoms with Crippen LogP contribution in [0.4, 0.5) is 11.4 Å². The lowest BCUT2D eigenvalue weighted by Crippen LogP contribution is -2.01. The summed E-state index contributed by atoms with van der Waals surface area (Å²) in [6.45, 7) is 11.5. The molecule has 0 aliphatic carbocycles. The molecule has 330 valence electrons. The second-order valence-corrected chi connectivity index (χ2v) is 18.1. The first-order chi connectivity index (χ1) is 28.6. The van der Waals surface area contributed by atoms with E-state index >= 15 is 0 Å². The van der Waals surface area contributed by atoms with Gasteiger partial charge in [0.25, 0.3) is 0 Å². The fourth-order valence-electron chi connectivity index (χ4n) is 8.53. The summed E-state index contributed by atoms with van der Waals surface area (Å²) in [5.41, 5.74) is 9.37. The molecule has 58 heavy (non-hydrogen) atoms. The van der Waals surface area contributed by atoms with Crippen molar-refractivity contribution >= 4 is 23.3 Å². The van der Waals surface area contributed by atoms with Gasteiger partial charge in [-0.25, -0.2) is 0 Å². The molecule has 0 amide bonds. The number of rotatable bonds is 40. The number of benzene rings is 2. The summed E-state index contributed by atoms with van der Waals surface area (Å²) in [6, 6.07) is 14.0. The molecule has 0 radical (unpaired) electrons. The Kier molecular flexibility index (Phi) is 33.8. The first-order valence-electron chi connectivity index (χ1n) is 26.0. The zero-order valence-corrected chi connectivity index (χ0v) is 39.6. The van der Waals surface area contributed by atoms with Gasteiger partial charge in [-0.05, 0) is 111 Å². The summed E-state index contributed by atoms with van der Waals surface area (Å²) in [6.07, 6.45) is 52.0. The number of hydrogen-bond acceptors (Lipinski definition) is 2. The molecule has 2 aromatic carbocycles. The third kappa shape index (κ3) is 26.8. The van der Waals surface area contributed by atoms with Crippen molar-refractivity contribution in [1.82, 2.24) is 0 Å². The number of nitrogens with zero attached hydrogens (tertiary/aromatic N) is 2. The van der Waals surface area contributed by atoms with Crippen LogP contribution in [0, 0.1) is 0 Å². The van der Waals surface area contributed by atoms with E-state index in [9.17, 15) is 0 Å². The van der Waals surface area contributed by atoms with Crippen molar-refractivity contribution in [1.29, 1.82) is 0 Å². The second-order valence-electron chi connectivity index (χ2n) is 18.1. The highest BCUT2D eigenvalue weighted by atomic mass is 14.8. The Morgan fingerprint density at radius 2 is 0.655 bits per heavy atom. The van der Waals surface area contributed by atoms with Crippen LogP contribution in [-0.4, -0.2) is 11.9 Å². The predicted octanol–water partition coefficient (Wildman–Crippen LogP) is 19.3. The molecule has 2 nitrogen and oxygen atoms in total. The van der Waals surface area contributed by atoms with Crippen LogP contribution in [-0.2, 0) is 25.7 Å². The van der Waals surface area contributed by atoms with Crippen LogP contribution < -0.4 is 0 Å². The second kappa shape index (κ2) is 37.8. The molecule has 0 spiro atoms. The van der Waals surface area contributed by atoms with E-state index in [-0.39, 0.29) is 0 Å². The molecule has 0 saturated heterocycles. The molecule has 0 fully saturated rings. The molecule has 2 heteroatoms. The van der Waals surface area contributed by atoms with Crippen molar-refractivity contribution < 1.29 is 0 Å². The minimum Gasteiger partial charge on any atom is -0.255 e. The summed E-state index contributed by atoms with van der Waals surface area (Å²) < 4.78 is 0. The van der Waals surface area contributed by atoms with E-state index in [1.807, 2.05) is 0 Å². The van der Waals surface area contributed by atoms with E-state index in [0.29, 0.717) is 0 Å². The summed E-state index contributed by atoms with van der Waals surface area (Å²) in [5, 5.41) is 0. The standard InChI is InChI=1S/C56H96N2/c1-6-11-16-17-18-19-20-21-22-23-24-25-26-27-28-29-30-31-32-33-34-35-36-37-42-56(58-55-46-44-51(39-13-8-3)53(48-55)41-15-10-5)49-57-54-45-43-50(38-12-7-2)52(47-54)40-14-9-4/h43-49H,6-42H2,1-5H3. The van der Waals surface area contributed by atoms with Crippen LogP contribution in [0.15, 0.2) is 46.4 Å². The molecule has 0 N–H and O–H groups in total. The number of aliphatic imine (C=N–C) groups is 2. The van der Waals surface area contributed by atoms with E-state index in [0.717, 1.165) is 36.3 Å². The fraction of sp³-hybridized carbons (Fsp3) is 0.750. The van der Waals surface area contributed by atoms with Crippen LogP contribution in [0.25, 0.3) is 0 Å². The van der Waals surface area contributed by atoms with E-state index < -0.39 is 0 Å². The SMILES string of the molecule is CCCCCCCCCCCCCCCCCCCCCCCCCCC(C=Nc1ccc(CCCC)c(CCCC)c1)=Nc1ccc(CCCC)c(CCCC)c1. The Balaban J connectivity index is 1.76. The molecule has 0 aromatic heterocycles. The highest BCUT2D eigenvalue weighted by Gasteiger charge is 2.08. The van der Waals surface area contributed by atoms with Crippen molar-refractivity contribution in [2.45, 2.75) is 272 Å². The normalized spacial score (nSPS) is 12.1. The van der Waals surface area contributed by atoms with Gasteiger partial charge in [0.05, 0.1) is 17.1 Å². The van der Waals surface area contributed by atoms with Crippen LogP contribution >= 0.6 is 0 Å². The average molecular weight is 797 g/mol. The number of hydrogen-bond donors (Lipinski definition) is 0. The lowest BCUT2D eigenvalue weighted by atomic mass is 9.97. The first kappa shape index (κ1) is 51.9. The largest absolute Gasteiger partial charge is 0.255 e. The van der Waals surface area contributed by atoms with Gasteiger partial charge < -0.3 is 0 Å². The summed E-state index contributed by atoms with van der Waals surface area (Å²) in [5.74, 6) is 0. The van der Waals surface area contributed by atoms with Gasteiger partial charge in [-0.2, -0.15) is 0 Å². The van der Waals surface area contributed by atoms with Gasteiger partial charge in [0.2, 0.25) is 0 Å². The zero-order valence-electron chi connectivity index (χ0n) is 39.6. The van der Waals surface area contributed by atoms with Crippen LogP contribution in [0.1, 0.15) is 269 Å². The summed E-state index contributed by atoms with van der Waals surface area (Å²) in [4.78, 5) is 10.4. The monoisotopic (exact) mass is 797 g/mol. The van der Waals surface area contributed by atoms with E-state index in [4.69, 9.17) is 9.98 Å². The lowest BCUT2D eigenvalue weighted by molar-refractivity contribution is 0.517. The summed E-state index contributed by atoms with van der Waals surface area (Å²) >= 11 is 0. The highest BCUT2D eigenvalue weighted by molar-refractivity contribution is 6.31. The lowest BCUT2D eigenvalue weighted by Gasteiger charge is -2.11. The molecule has 0 bridgehead atoms. The maximum atomic E-state index is 5.29. The first-order valence-corrected chi connectivity index (χ1v) is 26.0. The fourth-order valence-corrected chi connectivity index (χ4v) is 8.53. The topological polar surface area (TPSA) is 24.7 Å². The van der Waals surface area contributed by atoms with Crippen LogP contribution in [0.5, 0.6) is 0 Å². The van der Waals surface area contributed by atoms with E-state index in [1.165, 1.54) is 241 Å². The van der Waals surface area contributed by atoms with E-state index in [2.05, 4.69) is 77.2 Å². The molecule has 2 rings (SSSR count). The average Bonchev–Trinajstić information content (AvgIpc) is 3.24. The molecule has 0 saturated carbocycles. The Hall–Kier alpha value is -2.22. The van der Waals surface area contributed by atoms with E-state index in [1.54, 1.807) is 0 Å². The van der Waals surface area contributed by atoms with Gasteiger partial charge in [-0.3, -0.25) is 9.98 Å². The van der Waals surface area contributed by atoms with Crippen LogP contribution in [0.2, 0.25) is 0 Å². The maximum Gasteiger partial charge on any atom is 0.0636 e. The van der Waals surface area contributed by atoms with Crippen molar-refractivity contribution in [3.05, 3.63) is 58.7 Å². The number of unbranched alkanes of at least 4 members (excludes halogenated alkanes) is 27. The Morgan fingerprint density at radius 1 is 0.345 bits per heavy atom. The van der Waals surface area contributed by atoms with Gasteiger partial charge in [-0.15, -0.1) is 0 Å². The van der Waals surface area contributed by atoms with Gasteiger partial charge in [0.1, 0.15) is 0 Å². The third-order valence-electron chi connectivity index (χ3n) is 12.5. The van der Waals surface area contributed by atoms with Crippen molar-refractivity contribution in [3.63, 3.8) is 0 Å². The van der Waals surface area contributed by atoms with Crippen molar-refractivity contribution in [2.24, 2.45) is 9.98 Å². The quantitative estimate of drug-likeness (QED) is 0.0474. The molecule has 0 unspecified atom stereocenters. The Morgan fingerprint density at radius 3 is 1.03 bits per heavy atom. The predicted molar refractivity (Wildman–Crippen MR) is 264 cm³/mol. The Labute approximate surface area is 362 Å². The molecule has 2 aromatic rings. The molecular formula is C56H96N2. The highest BCUT2D eigenvalue weighted by Crippen LogP contribution is 2.25. The number of aryl methyl sites for hydroxylation is 4. The zero-order chi connectivity index (χ0) is 41.6. The molecular weight excluding hydrogens is 701 g/mol. The van der Waals surface area contributed by atoms with Crippen molar-refractivity contribution in [2.75, 3.05) is 0 Å².